The van der Waals surface area contributed by atoms with E-state index in [0.717, 1.165) is 11.1 Å². The SMILES string of the molecule is COC(=O)N(C)CC(c1ccc(-c2c(-n3cnnn3)ccc(Cl)c2F)c[n+]1[O-])n1cc(-c2ccncc2)cn1. The average molecular weight is 550 g/mol. The van der Waals surface area contributed by atoms with Crippen molar-refractivity contribution in [2.75, 3.05) is 20.7 Å². The highest BCUT2D eigenvalue weighted by molar-refractivity contribution is 6.31. The zero-order valence-corrected chi connectivity index (χ0v) is 21.5. The summed E-state index contributed by atoms with van der Waals surface area (Å²) in [6, 6.07) is 9.04. The standard InChI is InChI=1S/C25H21ClFN9O3/c1-33(25(37)39-2)14-22(34-12-18(11-30-34)16-7-9-28-10-8-16)20-5-3-17(13-36(20)38)23-21(35-15-29-31-32-35)6-4-19(26)24(23)27/h3-13,15,22H,14H2,1-2H3. The van der Waals surface area contributed by atoms with Crippen LogP contribution in [0.1, 0.15) is 11.7 Å². The van der Waals surface area contributed by atoms with E-state index in [0.29, 0.717) is 10.4 Å². The summed E-state index contributed by atoms with van der Waals surface area (Å²) in [6.45, 7) is 0.0626. The van der Waals surface area contributed by atoms with Crippen molar-refractivity contribution in [1.82, 2.24) is 39.9 Å². The number of carbonyl (C=O) groups is 1. The fraction of sp³-hybridized carbons (Fsp3) is 0.160. The van der Waals surface area contributed by atoms with E-state index in [9.17, 15) is 10.0 Å². The average Bonchev–Trinajstić information content (AvgIpc) is 3.66. The Kier molecular flexibility index (Phi) is 7.14. The van der Waals surface area contributed by atoms with Crippen molar-refractivity contribution in [1.29, 1.82) is 0 Å². The number of tetrazole rings is 1. The van der Waals surface area contributed by atoms with Crippen molar-refractivity contribution in [2.24, 2.45) is 0 Å². The highest BCUT2D eigenvalue weighted by atomic mass is 35.5. The Hall–Kier alpha value is -4.91. The number of hydrogen-bond donors (Lipinski definition) is 0. The molecule has 0 spiro atoms. The molecule has 5 rings (SSSR count). The van der Waals surface area contributed by atoms with E-state index in [1.807, 2.05) is 12.1 Å². The minimum absolute atomic E-state index is 0.0493. The predicted molar refractivity (Wildman–Crippen MR) is 137 cm³/mol. The van der Waals surface area contributed by atoms with Crippen LogP contribution in [-0.4, -0.2) is 66.7 Å². The largest absolute Gasteiger partial charge is 0.618 e. The van der Waals surface area contributed by atoms with Gasteiger partial charge in [0.1, 0.15) is 6.33 Å². The molecule has 198 valence electrons. The Balaban J connectivity index is 1.58. The molecule has 0 aliphatic carbocycles. The van der Waals surface area contributed by atoms with Crippen LogP contribution in [0, 0.1) is 11.0 Å². The third-order valence-electron chi connectivity index (χ3n) is 6.11. The van der Waals surface area contributed by atoms with Crippen molar-refractivity contribution < 1.29 is 18.7 Å². The first-order valence-corrected chi connectivity index (χ1v) is 11.9. The normalized spacial score (nSPS) is 11.8. The molecule has 12 nitrogen and oxygen atoms in total. The molecule has 0 radical (unpaired) electrons. The van der Waals surface area contributed by atoms with Crippen molar-refractivity contribution in [3.63, 3.8) is 0 Å². The highest BCUT2D eigenvalue weighted by Gasteiger charge is 2.28. The van der Waals surface area contributed by atoms with Crippen LogP contribution in [0.2, 0.25) is 5.02 Å². The van der Waals surface area contributed by atoms with E-state index in [4.69, 9.17) is 16.3 Å². The number of likely N-dealkylation sites (N-methyl/N-ethyl adjacent to an activating group) is 1. The summed E-state index contributed by atoms with van der Waals surface area (Å²) in [4.78, 5) is 17.6. The van der Waals surface area contributed by atoms with Gasteiger partial charge in [-0.3, -0.25) is 9.67 Å². The molecule has 0 aliphatic heterocycles. The number of ether oxygens (including phenoxy) is 1. The number of methoxy groups -OCH3 is 1. The molecule has 0 aliphatic rings. The summed E-state index contributed by atoms with van der Waals surface area (Å²) < 4.78 is 23.6. The van der Waals surface area contributed by atoms with Crippen molar-refractivity contribution >= 4 is 17.7 Å². The van der Waals surface area contributed by atoms with Gasteiger partial charge in [-0.1, -0.05) is 11.6 Å². The Morgan fingerprint density at radius 3 is 2.67 bits per heavy atom. The predicted octanol–water partition coefficient (Wildman–Crippen LogP) is 3.30. The summed E-state index contributed by atoms with van der Waals surface area (Å²) in [5.74, 6) is -0.728. The summed E-state index contributed by atoms with van der Waals surface area (Å²) in [5.41, 5.74) is 2.53. The summed E-state index contributed by atoms with van der Waals surface area (Å²) >= 11 is 6.07. The van der Waals surface area contributed by atoms with E-state index < -0.39 is 18.0 Å². The molecule has 4 heterocycles. The number of carbonyl (C=O) groups excluding carboxylic acids is 1. The lowest BCUT2D eigenvalue weighted by molar-refractivity contribution is -0.615. The van der Waals surface area contributed by atoms with Crippen LogP contribution in [0.15, 0.2) is 73.7 Å². The minimum atomic E-state index is -0.728. The van der Waals surface area contributed by atoms with Gasteiger partial charge in [-0.05, 0) is 46.3 Å². The van der Waals surface area contributed by atoms with Gasteiger partial charge in [0.2, 0.25) is 5.69 Å². The molecule has 1 atom stereocenters. The van der Waals surface area contributed by atoms with Gasteiger partial charge in [-0.2, -0.15) is 14.5 Å². The monoisotopic (exact) mass is 549 g/mol. The van der Waals surface area contributed by atoms with Crippen LogP contribution < -0.4 is 4.73 Å². The molecule has 1 amide bonds. The second-order valence-electron chi connectivity index (χ2n) is 8.49. The van der Waals surface area contributed by atoms with Gasteiger partial charge in [-0.25, -0.2) is 9.18 Å². The minimum Gasteiger partial charge on any atom is -0.618 e. The van der Waals surface area contributed by atoms with Crippen LogP contribution in [0.4, 0.5) is 9.18 Å². The molecule has 39 heavy (non-hydrogen) atoms. The van der Waals surface area contributed by atoms with E-state index in [1.54, 1.807) is 54.7 Å². The van der Waals surface area contributed by atoms with E-state index in [2.05, 4.69) is 25.6 Å². The summed E-state index contributed by atoms with van der Waals surface area (Å²) in [7, 11) is 2.82. The summed E-state index contributed by atoms with van der Waals surface area (Å²) in [5, 5.41) is 28.8. The first kappa shape index (κ1) is 25.7. The van der Waals surface area contributed by atoms with Gasteiger partial charge in [-0.15, -0.1) is 5.10 Å². The van der Waals surface area contributed by atoms with Crippen LogP contribution in [0.5, 0.6) is 0 Å². The molecule has 0 fully saturated rings. The zero-order valence-electron chi connectivity index (χ0n) is 20.7. The first-order chi connectivity index (χ1) is 18.9. The lowest BCUT2D eigenvalue weighted by Gasteiger charge is -2.23. The number of benzene rings is 1. The van der Waals surface area contributed by atoms with Gasteiger partial charge in [0, 0.05) is 37.3 Å². The van der Waals surface area contributed by atoms with E-state index in [-0.39, 0.29) is 28.4 Å². The summed E-state index contributed by atoms with van der Waals surface area (Å²) in [6.07, 6.45) is 8.72. The van der Waals surface area contributed by atoms with Gasteiger partial charge in [0.15, 0.2) is 18.1 Å². The van der Waals surface area contributed by atoms with E-state index >= 15 is 4.39 Å². The number of nitrogens with zero attached hydrogens (tertiary/aromatic N) is 9. The highest BCUT2D eigenvalue weighted by Crippen LogP contribution is 2.33. The number of pyridine rings is 2. The Morgan fingerprint density at radius 2 is 1.97 bits per heavy atom. The van der Waals surface area contributed by atoms with Gasteiger partial charge in [0.25, 0.3) is 0 Å². The fourth-order valence-electron chi connectivity index (χ4n) is 4.18. The van der Waals surface area contributed by atoms with Crippen LogP contribution >= 0.6 is 11.6 Å². The van der Waals surface area contributed by atoms with Crippen molar-refractivity contribution in [3.8, 4) is 27.9 Å². The van der Waals surface area contributed by atoms with E-state index in [1.165, 1.54) is 35.3 Å². The topological polar surface area (TPSA) is 131 Å². The zero-order chi connectivity index (χ0) is 27.5. The third kappa shape index (κ3) is 5.11. The maximum Gasteiger partial charge on any atom is 0.409 e. The van der Waals surface area contributed by atoms with Crippen molar-refractivity contribution in [3.05, 3.63) is 95.5 Å². The smallest absolute Gasteiger partial charge is 0.409 e. The lowest BCUT2D eigenvalue weighted by atomic mass is 10.0. The quantitative estimate of drug-likeness (QED) is 0.223. The number of amides is 1. The maximum atomic E-state index is 15.3. The molecule has 1 aromatic carbocycles. The first-order valence-electron chi connectivity index (χ1n) is 11.6. The molecule has 0 saturated carbocycles. The van der Waals surface area contributed by atoms with Gasteiger partial charge in [0.05, 0.1) is 41.7 Å². The second-order valence-corrected chi connectivity index (χ2v) is 8.90. The van der Waals surface area contributed by atoms with Crippen molar-refractivity contribution in [2.45, 2.75) is 6.04 Å². The number of halogens is 2. The van der Waals surface area contributed by atoms with Crippen LogP contribution in [-0.2, 0) is 4.74 Å². The maximum absolute atomic E-state index is 15.3. The second kappa shape index (κ2) is 10.8. The number of rotatable bonds is 7. The molecule has 0 N–H and O–H groups in total. The Labute approximate surface area is 226 Å². The molecule has 1 unspecified atom stereocenters. The molecule has 4 aromatic heterocycles. The molecule has 0 saturated heterocycles. The molecular formula is C25H21ClFN9O3. The van der Waals surface area contributed by atoms with Gasteiger partial charge >= 0.3 is 6.09 Å². The Morgan fingerprint density at radius 1 is 1.18 bits per heavy atom. The molecule has 0 bridgehead atoms. The Bertz CT molecular complexity index is 1610. The van der Waals surface area contributed by atoms with Gasteiger partial charge < -0.3 is 14.8 Å². The third-order valence-corrected chi connectivity index (χ3v) is 6.40. The van der Waals surface area contributed by atoms with Crippen LogP contribution in [0.3, 0.4) is 0 Å². The number of hydrogen-bond acceptors (Lipinski definition) is 8. The molecular weight excluding hydrogens is 529 g/mol. The fourth-order valence-corrected chi connectivity index (χ4v) is 4.34. The molecule has 14 heteroatoms. The number of aromatic nitrogens is 8. The van der Waals surface area contributed by atoms with Crippen LogP contribution in [0.25, 0.3) is 27.9 Å². The lowest BCUT2D eigenvalue weighted by Crippen LogP contribution is -2.41. The molecule has 5 aromatic rings.